The smallest absolute Gasteiger partial charge is 0.273 e. The standard InChI is InChI=1S/C23H22ClN5O2/c1-14-6-7-18(22-25-8-3-9-26-22)21(27-14)23(30)29-12-16-10-15(16)11-17(29)13-31-20-5-2-4-19(24)28-20/h2-9,15-17H,10-13H2,1H3/t15-,16+,17+/m1/s1. The van der Waals surface area contributed by atoms with Gasteiger partial charge in [0, 0.05) is 30.7 Å². The van der Waals surface area contributed by atoms with Crippen LogP contribution in [0, 0.1) is 18.8 Å². The zero-order valence-corrected chi connectivity index (χ0v) is 17.9. The summed E-state index contributed by atoms with van der Waals surface area (Å²) in [7, 11) is 0. The van der Waals surface area contributed by atoms with Crippen LogP contribution in [-0.2, 0) is 0 Å². The molecule has 0 unspecified atom stereocenters. The second kappa shape index (κ2) is 8.23. The van der Waals surface area contributed by atoms with Crippen molar-refractivity contribution in [3.63, 3.8) is 0 Å². The molecule has 0 spiro atoms. The van der Waals surface area contributed by atoms with Gasteiger partial charge in [0.1, 0.15) is 17.5 Å². The monoisotopic (exact) mass is 435 g/mol. The SMILES string of the molecule is Cc1ccc(-c2ncccn2)c(C(=O)N2C[C@@H]3C[C@@H]3C[C@H]2COc2cccc(Cl)n2)n1. The highest BCUT2D eigenvalue weighted by molar-refractivity contribution is 6.29. The van der Waals surface area contributed by atoms with Crippen LogP contribution >= 0.6 is 11.6 Å². The average molecular weight is 436 g/mol. The number of nitrogens with zero attached hydrogens (tertiary/aromatic N) is 5. The molecular formula is C23H22ClN5O2. The Kier molecular flexibility index (Phi) is 5.28. The van der Waals surface area contributed by atoms with Crippen molar-refractivity contribution in [1.29, 1.82) is 0 Å². The number of aromatic nitrogens is 4. The fraction of sp³-hybridized carbons (Fsp3) is 0.348. The lowest BCUT2D eigenvalue weighted by molar-refractivity contribution is 0.0503. The normalized spacial score (nSPS) is 22.0. The van der Waals surface area contributed by atoms with Gasteiger partial charge in [-0.25, -0.2) is 19.9 Å². The molecule has 1 aliphatic heterocycles. The minimum absolute atomic E-state index is 0.0520. The van der Waals surface area contributed by atoms with Crippen molar-refractivity contribution in [3.8, 4) is 17.3 Å². The predicted octanol–water partition coefficient (Wildman–Crippen LogP) is 3.83. The van der Waals surface area contributed by atoms with Crippen LogP contribution in [0.25, 0.3) is 11.4 Å². The maximum atomic E-state index is 13.7. The van der Waals surface area contributed by atoms with E-state index in [4.69, 9.17) is 16.3 Å². The number of hydrogen-bond acceptors (Lipinski definition) is 6. The van der Waals surface area contributed by atoms with Gasteiger partial charge in [0.05, 0.1) is 11.6 Å². The lowest BCUT2D eigenvalue weighted by Gasteiger charge is -2.35. The van der Waals surface area contributed by atoms with E-state index in [1.807, 2.05) is 24.0 Å². The maximum Gasteiger partial charge on any atom is 0.273 e. The van der Waals surface area contributed by atoms with Crippen LogP contribution in [-0.4, -0.2) is 49.9 Å². The first-order chi connectivity index (χ1) is 15.1. The van der Waals surface area contributed by atoms with Crippen LogP contribution < -0.4 is 4.74 Å². The largest absolute Gasteiger partial charge is 0.475 e. The van der Waals surface area contributed by atoms with E-state index in [-0.39, 0.29) is 11.9 Å². The van der Waals surface area contributed by atoms with Gasteiger partial charge in [0.2, 0.25) is 5.88 Å². The number of carbonyl (C=O) groups is 1. The summed E-state index contributed by atoms with van der Waals surface area (Å²) in [5, 5.41) is 0.382. The number of rotatable bonds is 5. The molecule has 0 aromatic carbocycles. The number of hydrogen-bond donors (Lipinski definition) is 0. The highest BCUT2D eigenvalue weighted by Crippen LogP contribution is 2.47. The van der Waals surface area contributed by atoms with Crippen molar-refractivity contribution in [2.45, 2.75) is 25.8 Å². The molecule has 5 rings (SSSR count). The van der Waals surface area contributed by atoms with E-state index >= 15 is 0 Å². The fourth-order valence-electron chi connectivity index (χ4n) is 4.23. The summed E-state index contributed by atoms with van der Waals surface area (Å²) in [6.45, 7) is 2.96. The Balaban J connectivity index is 1.42. The Labute approximate surface area is 185 Å². The first kappa shape index (κ1) is 19.9. The third-order valence-electron chi connectivity index (χ3n) is 5.93. The number of carbonyl (C=O) groups excluding carboxylic acids is 1. The summed E-state index contributed by atoms with van der Waals surface area (Å²) in [5.74, 6) is 2.07. The molecule has 0 radical (unpaired) electrons. The second-order valence-corrected chi connectivity index (χ2v) is 8.52. The number of pyridine rings is 2. The molecule has 3 aromatic rings. The third-order valence-corrected chi connectivity index (χ3v) is 6.14. The average Bonchev–Trinajstić information content (AvgIpc) is 3.55. The molecule has 1 amide bonds. The zero-order chi connectivity index (χ0) is 21.4. The van der Waals surface area contributed by atoms with Crippen LogP contribution in [0.2, 0.25) is 5.15 Å². The van der Waals surface area contributed by atoms with Gasteiger partial charge in [0.25, 0.3) is 5.91 Å². The van der Waals surface area contributed by atoms with E-state index in [2.05, 4.69) is 19.9 Å². The summed E-state index contributed by atoms with van der Waals surface area (Å²) in [4.78, 5) is 33.0. The van der Waals surface area contributed by atoms with E-state index in [1.54, 1.807) is 36.7 Å². The number of piperidine rings is 1. The van der Waals surface area contributed by atoms with E-state index in [0.29, 0.717) is 53.1 Å². The van der Waals surface area contributed by atoms with Gasteiger partial charge >= 0.3 is 0 Å². The lowest BCUT2D eigenvalue weighted by atomic mass is 10.0. The van der Waals surface area contributed by atoms with Crippen LogP contribution in [0.4, 0.5) is 0 Å². The van der Waals surface area contributed by atoms with Gasteiger partial charge in [-0.2, -0.15) is 0 Å². The lowest BCUT2D eigenvalue weighted by Crippen LogP contribution is -2.48. The van der Waals surface area contributed by atoms with Crippen LogP contribution in [0.1, 0.15) is 29.0 Å². The molecular weight excluding hydrogens is 414 g/mol. The number of halogens is 1. The quantitative estimate of drug-likeness (QED) is 0.566. The summed E-state index contributed by atoms with van der Waals surface area (Å²) in [6.07, 6.45) is 5.41. The fourth-order valence-corrected chi connectivity index (χ4v) is 4.39. The molecule has 3 aromatic heterocycles. The van der Waals surface area contributed by atoms with Crippen LogP contribution in [0.3, 0.4) is 0 Å². The summed E-state index contributed by atoms with van der Waals surface area (Å²) >= 11 is 5.97. The van der Waals surface area contributed by atoms with Gasteiger partial charge in [-0.05, 0) is 55.9 Å². The number of amides is 1. The van der Waals surface area contributed by atoms with Crippen molar-refractivity contribution in [1.82, 2.24) is 24.8 Å². The van der Waals surface area contributed by atoms with Gasteiger partial charge in [-0.3, -0.25) is 4.79 Å². The van der Waals surface area contributed by atoms with Crippen LogP contribution in [0.5, 0.6) is 5.88 Å². The van der Waals surface area contributed by atoms with E-state index in [9.17, 15) is 4.79 Å². The van der Waals surface area contributed by atoms with E-state index in [1.165, 1.54) is 0 Å². The molecule has 3 atom stereocenters. The van der Waals surface area contributed by atoms with Crippen molar-refractivity contribution < 1.29 is 9.53 Å². The van der Waals surface area contributed by atoms with Gasteiger partial charge in [0.15, 0.2) is 5.82 Å². The summed E-state index contributed by atoms with van der Waals surface area (Å²) in [5.41, 5.74) is 1.81. The second-order valence-electron chi connectivity index (χ2n) is 8.13. The zero-order valence-electron chi connectivity index (χ0n) is 17.1. The first-order valence-corrected chi connectivity index (χ1v) is 10.8. The molecule has 8 heteroatoms. The Hall–Kier alpha value is -3.06. The van der Waals surface area contributed by atoms with Crippen molar-refractivity contribution in [2.75, 3.05) is 13.2 Å². The Morgan fingerprint density at radius 1 is 1.10 bits per heavy atom. The van der Waals surface area contributed by atoms with Crippen molar-refractivity contribution >= 4 is 17.5 Å². The predicted molar refractivity (Wildman–Crippen MR) is 116 cm³/mol. The highest BCUT2D eigenvalue weighted by atomic mass is 35.5. The third kappa shape index (κ3) is 4.23. The highest BCUT2D eigenvalue weighted by Gasteiger charge is 2.47. The van der Waals surface area contributed by atoms with Crippen molar-refractivity contribution in [3.05, 3.63) is 65.3 Å². The van der Waals surface area contributed by atoms with E-state index < -0.39 is 0 Å². The van der Waals surface area contributed by atoms with Crippen molar-refractivity contribution in [2.24, 2.45) is 11.8 Å². The van der Waals surface area contributed by atoms with Gasteiger partial charge in [-0.15, -0.1) is 0 Å². The molecule has 0 bridgehead atoms. The summed E-state index contributed by atoms with van der Waals surface area (Å²) < 4.78 is 5.91. The molecule has 7 nitrogen and oxygen atoms in total. The molecule has 0 N–H and O–H groups in total. The van der Waals surface area contributed by atoms with E-state index in [0.717, 1.165) is 18.5 Å². The number of ether oxygens (including phenoxy) is 1. The Bertz CT molecular complexity index is 1110. The molecule has 31 heavy (non-hydrogen) atoms. The number of fused-ring (bicyclic) bond motifs is 1. The van der Waals surface area contributed by atoms with Gasteiger partial charge < -0.3 is 9.64 Å². The molecule has 1 saturated heterocycles. The molecule has 1 aliphatic carbocycles. The maximum absolute atomic E-state index is 13.7. The minimum atomic E-state index is -0.107. The van der Waals surface area contributed by atoms with Crippen LogP contribution in [0.15, 0.2) is 48.8 Å². The Morgan fingerprint density at radius 3 is 2.74 bits per heavy atom. The number of aryl methyl sites for hydroxylation is 1. The minimum Gasteiger partial charge on any atom is -0.475 e. The summed E-state index contributed by atoms with van der Waals surface area (Å²) in [6, 6.07) is 10.7. The molecule has 2 aliphatic rings. The van der Waals surface area contributed by atoms with Gasteiger partial charge in [-0.1, -0.05) is 17.7 Å². The number of likely N-dealkylation sites (tertiary alicyclic amines) is 1. The molecule has 2 fully saturated rings. The first-order valence-electron chi connectivity index (χ1n) is 10.4. The Morgan fingerprint density at radius 2 is 1.94 bits per heavy atom. The molecule has 158 valence electrons. The topological polar surface area (TPSA) is 81.1 Å². The molecule has 1 saturated carbocycles. The molecule has 4 heterocycles.